The first-order valence-corrected chi connectivity index (χ1v) is 25.4. The lowest BCUT2D eigenvalue weighted by molar-refractivity contribution is -0.145. The minimum atomic E-state index is -1.63. The van der Waals surface area contributed by atoms with Crippen LogP contribution < -0.4 is 43.4 Å². The van der Waals surface area contributed by atoms with Gasteiger partial charge in [-0.1, -0.05) is 88.4 Å². The van der Waals surface area contributed by atoms with Crippen molar-refractivity contribution in [2.45, 2.75) is 153 Å². The van der Waals surface area contributed by atoms with Gasteiger partial charge in [-0.05, 0) is 67.9 Å². The van der Waals surface area contributed by atoms with Gasteiger partial charge in [-0.25, -0.2) is 0 Å². The van der Waals surface area contributed by atoms with E-state index in [9.17, 15) is 63.0 Å². The van der Waals surface area contributed by atoms with Crippen LogP contribution in [0.4, 0.5) is 0 Å². The lowest BCUT2D eigenvalue weighted by Crippen LogP contribution is -2.60. The Labute approximate surface area is 436 Å². The quantitative estimate of drug-likeness (QED) is 0.0425. The summed E-state index contributed by atoms with van der Waals surface area (Å²) in [5.41, 5.74) is 12.4. The number of likely N-dealkylation sites (tertiary alicyclic amines) is 2. The van der Waals surface area contributed by atoms with Crippen molar-refractivity contribution in [3.05, 3.63) is 71.8 Å². The van der Waals surface area contributed by atoms with Crippen LogP contribution in [0.1, 0.15) is 96.6 Å². The van der Waals surface area contributed by atoms with E-state index in [-0.39, 0.29) is 76.3 Å². The number of nitrogens with two attached hydrogens (primary N) is 2. The summed E-state index contributed by atoms with van der Waals surface area (Å²) in [6.45, 7) is 6.55. The van der Waals surface area contributed by atoms with Gasteiger partial charge < -0.3 is 68.2 Å². The number of amides is 9. The predicted molar refractivity (Wildman–Crippen MR) is 272 cm³/mol. The van der Waals surface area contributed by atoms with Crippen molar-refractivity contribution in [2.75, 3.05) is 19.7 Å². The number of benzene rings is 2. The fraction of sp³-hybridized carbons (Fsp3) is 0.558. The molecule has 0 aromatic heterocycles. The number of hydrogen-bond donors (Lipinski definition) is 10. The number of aliphatic carboxylic acids is 1. The number of aliphatic hydroxyl groups is 1. The Balaban J connectivity index is 1.54. The Kier molecular flexibility index (Phi) is 23.8. The lowest BCUT2D eigenvalue weighted by atomic mass is 10.0. The third-order valence-electron chi connectivity index (χ3n) is 12.9. The maximum absolute atomic E-state index is 14.8. The predicted octanol–water partition coefficient (Wildman–Crippen LogP) is -1.29. The molecule has 2 saturated heterocycles. The summed E-state index contributed by atoms with van der Waals surface area (Å²) in [7, 11) is 0. The zero-order chi connectivity index (χ0) is 55.4. The van der Waals surface area contributed by atoms with Crippen molar-refractivity contribution in [2.24, 2.45) is 23.3 Å². The Morgan fingerprint density at radius 2 is 1.07 bits per heavy atom. The molecule has 2 fully saturated rings. The number of hydrogen-bond acceptors (Lipinski definition) is 13. The smallest absolute Gasteiger partial charge is 0.305 e. The normalized spacial score (nSPS) is 18.1. The Bertz CT molecular complexity index is 2320. The van der Waals surface area contributed by atoms with Gasteiger partial charge in [-0.3, -0.25) is 47.9 Å². The summed E-state index contributed by atoms with van der Waals surface area (Å²) in [4.78, 5) is 149. The van der Waals surface area contributed by atoms with E-state index in [1.54, 1.807) is 74.5 Å². The highest BCUT2D eigenvalue weighted by Gasteiger charge is 2.43. The molecule has 0 spiro atoms. The molecule has 9 amide bonds. The first-order valence-electron chi connectivity index (χ1n) is 25.4. The van der Waals surface area contributed by atoms with Crippen molar-refractivity contribution in [3.8, 4) is 0 Å². The molecule has 0 aliphatic carbocycles. The Morgan fingerprint density at radius 3 is 1.55 bits per heavy atom. The molecule has 0 bridgehead atoms. The summed E-state index contributed by atoms with van der Waals surface area (Å²) >= 11 is 0. The molecule has 2 aromatic carbocycles. The summed E-state index contributed by atoms with van der Waals surface area (Å²) < 4.78 is 0. The highest BCUT2D eigenvalue weighted by atomic mass is 16.4. The van der Waals surface area contributed by atoms with Crippen molar-refractivity contribution in [1.82, 2.24) is 41.7 Å². The van der Waals surface area contributed by atoms with Crippen LogP contribution in [0.15, 0.2) is 60.7 Å². The van der Waals surface area contributed by atoms with Gasteiger partial charge in [0, 0.05) is 32.4 Å². The number of aliphatic hydroxyl groups excluding tert-OH is 1. The standard InChI is InChI=1S/C52H74N10O13/c1-30(2)23-34(28-63)55-46(69)38(27-44(66)67)57-48(71)37(25-32-13-7-5-8-14-32)58-49(72)41-17-11-21-61(41)51(74)39(26-33-15-9-6-10-16-33)59-50(73)42-18-12-22-62(42)52(75)40(29-64)60-47(70)36(24-31(3)4)56-45(68)35(53)19-20-43(54)65/h5-10,13-16,28,30-31,34-42,64H,11-12,17-27,29,53H2,1-4H3,(H2,54,65)(H,55,69)(H,56,68)(H,57,71)(H,58,72)(H,59,73)(H,60,70)(H,66,67)/t34-,35-,36-,37-,38-,39-,40-,41-,42-/m0/s1. The van der Waals surface area contributed by atoms with Crippen molar-refractivity contribution in [1.29, 1.82) is 0 Å². The fourth-order valence-electron chi connectivity index (χ4n) is 9.12. The molecule has 2 aliphatic rings. The molecule has 410 valence electrons. The number of rotatable bonds is 29. The number of carbonyl (C=O) groups excluding carboxylic acids is 10. The van der Waals surface area contributed by atoms with Crippen LogP contribution in [0, 0.1) is 11.8 Å². The van der Waals surface area contributed by atoms with Crippen molar-refractivity contribution in [3.63, 3.8) is 0 Å². The second-order valence-corrected chi connectivity index (χ2v) is 20.0. The SMILES string of the molecule is CC(C)C[C@@H](C=O)NC(=O)[C@H](CC(=O)O)NC(=O)[C@H](Cc1ccccc1)NC(=O)[C@@H]1CCCN1C(=O)[C@H](Cc1ccccc1)NC(=O)[C@@H]1CCCN1C(=O)[C@H](CO)NC(=O)[C@H](CC(C)C)NC(=O)[C@@H](N)CCC(N)=O. The average Bonchev–Trinajstić information content (AvgIpc) is 4.07. The molecular formula is C52H74N10O13. The van der Waals surface area contributed by atoms with Crippen molar-refractivity contribution >= 4 is 65.4 Å². The van der Waals surface area contributed by atoms with Gasteiger partial charge in [0.1, 0.15) is 48.6 Å². The van der Waals surface area contributed by atoms with E-state index >= 15 is 0 Å². The molecule has 9 atom stereocenters. The zero-order valence-corrected chi connectivity index (χ0v) is 43.0. The topological polar surface area (TPSA) is 359 Å². The summed E-state index contributed by atoms with van der Waals surface area (Å²) in [5.74, 6) is -8.40. The number of carbonyl (C=O) groups is 11. The van der Waals surface area contributed by atoms with E-state index < -0.39 is 127 Å². The molecular weight excluding hydrogens is 973 g/mol. The molecule has 12 N–H and O–H groups in total. The van der Waals surface area contributed by atoms with Gasteiger partial charge in [-0.2, -0.15) is 0 Å². The summed E-state index contributed by atoms with van der Waals surface area (Å²) in [6, 6.07) is 5.94. The molecule has 2 aliphatic heterocycles. The van der Waals surface area contributed by atoms with E-state index in [0.29, 0.717) is 30.3 Å². The molecule has 75 heavy (non-hydrogen) atoms. The first-order chi connectivity index (χ1) is 35.6. The van der Waals surface area contributed by atoms with Gasteiger partial charge in [0.2, 0.25) is 53.2 Å². The van der Waals surface area contributed by atoms with Gasteiger partial charge in [0.25, 0.3) is 0 Å². The highest BCUT2D eigenvalue weighted by Crippen LogP contribution is 2.23. The molecule has 4 rings (SSSR count). The minimum Gasteiger partial charge on any atom is -0.481 e. The molecule has 0 unspecified atom stereocenters. The van der Waals surface area contributed by atoms with Crippen LogP contribution in [0.25, 0.3) is 0 Å². The lowest BCUT2D eigenvalue weighted by Gasteiger charge is -2.32. The molecule has 0 saturated carbocycles. The molecule has 23 nitrogen and oxygen atoms in total. The van der Waals surface area contributed by atoms with E-state index in [2.05, 4.69) is 31.9 Å². The number of aldehydes is 1. The zero-order valence-electron chi connectivity index (χ0n) is 43.0. The number of primary amides is 1. The number of carboxylic acid groups (broad SMARTS) is 1. The molecule has 2 aromatic rings. The second kappa shape index (κ2) is 29.6. The van der Waals surface area contributed by atoms with Gasteiger partial charge in [0.05, 0.1) is 25.1 Å². The van der Waals surface area contributed by atoms with Crippen LogP contribution in [-0.4, -0.2) is 160 Å². The molecule has 23 heteroatoms. The Hall–Kier alpha value is -7.27. The van der Waals surface area contributed by atoms with Crippen LogP contribution in [0.2, 0.25) is 0 Å². The molecule has 0 radical (unpaired) electrons. The van der Waals surface area contributed by atoms with Crippen molar-refractivity contribution < 1.29 is 63.0 Å². The maximum Gasteiger partial charge on any atom is 0.305 e. The largest absolute Gasteiger partial charge is 0.481 e. The summed E-state index contributed by atoms with van der Waals surface area (Å²) in [5, 5.41) is 35.6. The van der Waals surface area contributed by atoms with Gasteiger partial charge >= 0.3 is 5.97 Å². The van der Waals surface area contributed by atoms with Crippen LogP contribution in [0.5, 0.6) is 0 Å². The maximum atomic E-state index is 14.8. The van der Waals surface area contributed by atoms with E-state index in [4.69, 9.17) is 11.5 Å². The van der Waals surface area contributed by atoms with Gasteiger partial charge in [0.15, 0.2) is 0 Å². The number of nitrogens with zero attached hydrogens (tertiary/aromatic N) is 2. The van der Waals surface area contributed by atoms with Crippen LogP contribution in [0.3, 0.4) is 0 Å². The van der Waals surface area contributed by atoms with E-state index in [1.807, 2.05) is 13.8 Å². The average molecular weight is 1050 g/mol. The minimum absolute atomic E-state index is 0.000490. The second-order valence-electron chi connectivity index (χ2n) is 20.0. The van der Waals surface area contributed by atoms with E-state index in [1.165, 1.54) is 9.80 Å². The first kappa shape index (κ1) is 60.3. The van der Waals surface area contributed by atoms with E-state index in [0.717, 1.165) is 0 Å². The summed E-state index contributed by atoms with van der Waals surface area (Å²) in [6.07, 6.45) is 0.765. The van der Waals surface area contributed by atoms with Crippen LogP contribution in [-0.2, 0) is 65.6 Å². The third kappa shape index (κ3) is 18.9. The number of carboxylic acids is 1. The highest BCUT2D eigenvalue weighted by molar-refractivity contribution is 5.99. The fourth-order valence-corrected chi connectivity index (χ4v) is 9.12. The monoisotopic (exact) mass is 1050 g/mol. The Morgan fingerprint density at radius 1 is 0.613 bits per heavy atom. The number of nitrogens with one attached hydrogen (secondary N) is 6. The van der Waals surface area contributed by atoms with Gasteiger partial charge in [-0.15, -0.1) is 0 Å². The van der Waals surface area contributed by atoms with Crippen LogP contribution >= 0.6 is 0 Å². The molecule has 2 heterocycles. The third-order valence-corrected chi connectivity index (χ3v) is 12.9.